The van der Waals surface area contributed by atoms with Crippen LogP contribution in [0.4, 0.5) is 0 Å². The van der Waals surface area contributed by atoms with Crippen molar-refractivity contribution in [1.82, 2.24) is 14.5 Å². The van der Waals surface area contributed by atoms with Crippen LogP contribution in [0.3, 0.4) is 0 Å². The van der Waals surface area contributed by atoms with Crippen molar-refractivity contribution in [2.24, 2.45) is 0 Å². The molecule has 1 rings (SSSR count). The molecule has 6 nitrogen and oxygen atoms in total. The summed E-state index contributed by atoms with van der Waals surface area (Å²) in [6, 6.07) is 0. The summed E-state index contributed by atoms with van der Waals surface area (Å²) < 4.78 is 8.39. The number of carbonyl (C=O) groups is 2. The molecule has 0 spiro atoms. The first kappa shape index (κ1) is 13.3. The summed E-state index contributed by atoms with van der Waals surface area (Å²) in [6.07, 6.45) is 1.54. The Labute approximate surface area is 103 Å². The van der Waals surface area contributed by atoms with Crippen LogP contribution in [0.5, 0.6) is 0 Å². The second-order valence-electron chi connectivity index (χ2n) is 3.07. The number of esters is 1. The lowest BCUT2D eigenvalue weighted by Gasteiger charge is -2.18. The second kappa shape index (κ2) is 6.74. The Hall–Kier alpha value is -1.76. The highest BCUT2D eigenvalue weighted by atomic mass is 32.1. The smallest absolute Gasteiger partial charge is 0.325 e. The van der Waals surface area contributed by atoms with Crippen LogP contribution in [0.2, 0.25) is 0 Å². The largest absolute Gasteiger partial charge is 0.465 e. The van der Waals surface area contributed by atoms with E-state index in [1.54, 1.807) is 6.92 Å². The molecular formula is C10H13N3O3S. The van der Waals surface area contributed by atoms with Crippen molar-refractivity contribution in [3.63, 3.8) is 0 Å². The molecule has 92 valence electrons. The van der Waals surface area contributed by atoms with E-state index in [-0.39, 0.29) is 31.3 Å². The van der Waals surface area contributed by atoms with Gasteiger partial charge in [0.05, 0.1) is 6.61 Å². The van der Waals surface area contributed by atoms with Crippen LogP contribution in [0.25, 0.3) is 0 Å². The van der Waals surface area contributed by atoms with Crippen molar-refractivity contribution < 1.29 is 14.3 Å². The van der Waals surface area contributed by atoms with Gasteiger partial charge in [-0.25, -0.2) is 0 Å². The Bertz CT molecular complexity index is 392. The molecule has 1 aromatic heterocycles. The summed E-state index contributed by atoms with van der Waals surface area (Å²) in [7, 11) is 0. The van der Waals surface area contributed by atoms with Crippen LogP contribution < -0.4 is 0 Å². The average Bonchev–Trinajstić information content (AvgIpc) is 2.81. The van der Waals surface area contributed by atoms with Gasteiger partial charge in [0, 0.05) is 11.9 Å². The molecule has 0 atom stereocenters. The second-order valence-corrected chi connectivity index (χ2v) is 3.68. The zero-order valence-electron chi connectivity index (χ0n) is 9.46. The number of ether oxygens (including phenoxy) is 1. The van der Waals surface area contributed by atoms with Gasteiger partial charge in [-0.3, -0.25) is 9.59 Å². The monoisotopic (exact) mass is 255 g/mol. The number of carbonyl (C=O) groups excluding carboxylic acids is 2. The first-order chi connectivity index (χ1) is 8.19. The molecule has 0 aliphatic heterocycles. The predicted molar refractivity (Wildman–Crippen MR) is 62.6 cm³/mol. The third kappa shape index (κ3) is 3.95. The number of aromatic nitrogens is 2. The van der Waals surface area contributed by atoms with Gasteiger partial charge in [0.2, 0.25) is 0 Å². The van der Waals surface area contributed by atoms with Crippen LogP contribution in [-0.2, 0) is 9.53 Å². The molecule has 0 aliphatic rings. The molecule has 0 aliphatic carbocycles. The van der Waals surface area contributed by atoms with Crippen LogP contribution in [0.15, 0.2) is 18.0 Å². The Kier molecular flexibility index (Phi) is 5.28. The zero-order chi connectivity index (χ0) is 12.7. The zero-order valence-corrected chi connectivity index (χ0v) is 10.3. The van der Waals surface area contributed by atoms with Gasteiger partial charge < -0.3 is 9.64 Å². The van der Waals surface area contributed by atoms with Gasteiger partial charge in [0.15, 0.2) is 5.69 Å². The number of amides is 1. The highest BCUT2D eigenvalue weighted by Crippen LogP contribution is 2.04. The van der Waals surface area contributed by atoms with Gasteiger partial charge in [-0.1, -0.05) is 10.6 Å². The van der Waals surface area contributed by atoms with E-state index in [9.17, 15) is 9.59 Å². The fourth-order valence-electron chi connectivity index (χ4n) is 1.16. The lowest BCUT2D eigenvalue weighted by Crippen LogP contribution is -2.36. The van der Waals surface area contributed by atoms with Crippen LogP contribution >= 0.6 is 11.5 Å². The summed E-state index contributed by atoms with van der Waals surface area (Å²) >= 11 is 1.08. The molecule has 0 fully saturated rings. The van der Waals surface area contributed by atoms with Crippen LogP contribution in [0, 0.1) is 0 Å². The van der Waals surface area contributed by atoms with Gasteiger partial charge in [-0.05, 0) is 18.5 Å². The standard InChI is InChI=1S/C10H13N3O3S/c1-3-5-13(6-9(14)16-4-2)10(15)8-7-17-12-11-8/h3,7H,1,4-6H2,2H3. The van der Waals surface area contributed by atoms with Crippen molar-refractivity contribution in [3.05, 3.63) is 23.7 Å². The normalized spacial score (nSPS) is 9.71. The van der Waals surface area contributed by atoms with E-state index in [4.69, 9.17) is 4.74 Å². The lowest BCUT2D eigenvalue weighted by molar-refractivity contribution is -0.143. The van der Waals surface area contributed by atoms with Gasteiger partial charge >= 0.3 is 5.97 Å². The summed E-state index contributed by atoms with van der Waals surface area (Å²) in [6.45, 7) is 5.68. The SMILES string of the molecule is C=CCN(CC(=O)OCC)C(=O)c1csnn1. The van der Waals surface area contributed by atoms with E-state index in [1.165, 1.54) is 16.4 Å². The molecule has 0 saturated carbocycles. The van der Waals surface area contributed by atoms with E-state index in [0.717, 1.165) is 11.5 Å². The number of nitrogens with zero attached hydrogens (tertiary/aromatic N) is 3. The van der Waals surface area contributed by atoms with Gasteiger partial charge in [0.1, 0.15) is 6.54 Å². The van der Waals surface area contributed by atoms with Crippen molar-refractivity contribution >= 4 is 23.4 Å². The summed E-state index contributed by atoms with van der Waals surface area (Å²) in [5.74, 6) is -0.808. The minimum Gasteiger partial charge on any atom is -0.465 e. The number of rotatable bonds is 6. The molecule has 7 heteroatoms. The molecular weight excluding hydrogens is 242 g/mol. The quantitative estimate of drug-likeness (QED) is 0.553. The Morgan fingerprint density at radius 1 is 1.65 bits per heavy atom. The van der Waals surface area contributed by atoms with E-state index in [0.29, 0.717) is 0 Å². The van der Waals surface area contributed by atoms with Crippen molar-refractivity contribution in [2.75, 3.05) is 19.7 Å². The van der Waals surface area contributed by atoms with Crippen molar-refractivity contribution in [2.45, 2.75) is 6.92 Å². The van der Waals surface area contributed by atoms with Gasteiger partial charge in [0.25, 0.3) is 5.91 Å². The third-order valence-electron chi connectivity index (χ3n) is 1.84. The van der Waals surface area contributed by atoms with Crippen molar-refractivity contribution in [3.8, 4) is 0 Å². The molecule has 0 N–H and O–H groups in total. The third-order valence-corrected chi connectivity index (χ3v) is 2.35. The van der Waals surface area contributed by atoms with Crippen LogP contribution in [-0.4, -0.2) is 46.1 Å². The van der Waals surface area contributed by atoms with E-state index >= 15 is 0 Å². The molecule has 1 aromatic rings. The van der Waals surface area contributed by atoms with Gasteiger partial charge in [-0.15, -0.1) is 11.7 Å². The molecule has 0 bridgehead atoms. The summed E-state index contributed by atoms with van der Waals surface area (Å²) in [5.41, 5.74) is 0.223. The first-order valence-corrected chi connectivity index (χ1v) is 5.85. The fraction of sp³-hybridized carbons (Fsp3) is 0.400. The maximum Gasteiger partial charge on any atom is 0.325 e. The molecule has 1 heterocycles. The summed E-state index contributed by atoms with van der Waals surface area (Å²) in [4.78, 5) is 24.5. The molecule has 0 radical (unpaired) electrons. The summed E-state index contributed by atoms with van der Waals surface area (Å²) in [5, 5.41) is 5.19. The fourth-order valence-corrected chi connectivity index (χ4v) is 1.59. The Balaban J connectivity index is 2.68. The minimum atomic E-state index is -0.453. The van der Waals surface area contributed by atoms with E-state index < -0.39 is 5.97 Å². The molecule has 17 heavy (non-hydrogen) atoms. The highest BCUT2D eigenvalue weighted by molar-refractivity contribution is 7.03. The van der Waals surface area contributed by atoms with E-state index in [1.807, 2.05) is 0 Å². The Morgan fingerprint density at radius 2 is 2.41 bits per heavy atom. The molecule has 1 amide bonds. The topological polar surface area (TPSA) is 72.4 Å². The van der Waals surface area contributed by atoms with Crippen LogP contribution in [0.1, 0.15) is 17.4 Å². The molecule has 0 aromatic carbocycles. The highest BCUT2D eigenvalue weighted by Gasteiger charge is 2.20. The first-order valence-electron chi connectivity index (χ1n) is 5.01. The molecule has 0 saturated heterocycles. The van der Waals surface area contributed by atoms with Gasteiger partial charge in [-0.2, -0.15) is 0 Å². The minimum absolute atomic E-state index is 0.115. The maximum atomic E-state index is 11.9. The number of hydrogen-bond donors (Lipinski definition) is 0. The van der Waals surface area contributed by atoms with Crippen molar-refractivity contribution in [1.29, 1.82) is 0 Å². The maximum absolute atomic E-state index is 11.9. The van der Waals surface area contributed by atoms with E-state index in [2.05, 4.69) is 16.2 Å². The number of hydrogen-bond acceptors (Lipinski definition) is 6. The Morgan fingerprint density at radius 3 is 2.94 bits per heavy atom. The lowest BCUT2D eigenvalue weighted by atomic mass is 10.3. The predicted octanol–water partition coefficient (Wildman–Crippen LogP) is 0.729. The molecule has 0 unspecified atom stereocenters. The average molecular weight is 255 g/mol.